The average Bonchev–Trinajstić information content (AvgIpc) is 2.14. The molecule has 78 valence electrons. The Morgan fingerprint density at radius 2 is 1.79 bits per heavy atom. The third-order valence-electron chi connectivity index (χ3n) is 1.65. The summed E-state index contributed by atoms with van der Waals surface area (Å²) in [7, 11) is 0. The van der Waals surface area contributed by atoms with E-state index in [1.54, 1.807) is 30.3 Å². The molecular weight excluding hydrogens is 195 g/mol. The molecule has 5 heteroatoms. The van der Waals surface area contributed by atoms with Gasteiger partial charge in [0, 0.05) is 6.54 Å². The molecule has 0 radical (unpaired) electrons. The van der Waals surface area contributed by atoms with Crippen LogP contribution < -0.4 is 5.32 Å². The molecule has 1 aromatic carbocycles. The zero-order valence-corrected chi connectivity index (χ0v) is 7.25. The molecule has 2 N–H and O–H groups in total. The zero-order valence-electron chi connectivity index (χ0n) is 7.25. The van der Waals surface area contributed by atoms with Gasteiger partial charge in [-0.05, 0) is 5.56 Å². The first kappa shape index (κ1) is 11.0. The van der Waals surface area contributed by atoms with Crippen molar-refractivity contribution < 1.29 is 18.3 Å². The summed E-state index contributed by atoms with van der Waals surface area (Å²) in [6, 6.07) is 8.56. The van der Waals surface area contributed by atoms with Gasteiger partial charge in [-0.2, -0.15) is 13.2 Å². The smallest absolute Gasteiger partial charge is 0.370 e. The second-order valence-electron chi connectivity index (χ2n) is 2.81. The van der Waals surface area contributed by atoms with Gasteiger partial charge in [-0.3, -0.25) is 5.32 Å². The van der Waals surface area contributed by atoms with Crippen LogP contribution >= 0.6 is 0 Å². The van der Waals surface area contributed by atoms with Gasteiger partial charge in [0.05, 0.1) is 0 Å². The van der Waals surface area contributed by atoms with Crippen LogP contribution in [0.4, 0.5) is 13.2 Å². The van der Waals surface area contributed by atoms with Crippen LogP contribution in [0.15, 0.2) is 30.3 Å². The molecule has 0 bridgehead atoms. The van der Waals surface area contributed by atoms with Gasteiger partial charge in [-0.25, -0.2) is 0 Å². The lowest BCUT2D eigenvalue weighted by atomic mass is 10.2. The van der Waals surface area contributed by atoms with Crippen molar-refractivity contribution in [3.8, 4) is 0 Å². The zero-order chi connectivity index (χ0) is 10.6. The Morgan fingerprint density at radius 1 is 1.21 bits per heavy atom. The highest BCUT2D eigenvalue weighted by atomic mass is 19.4. The first-order valence-corrected chi connectivity index (χ1v) is 4.02. The van der Waals surface area contributed by atoms with E-state index in [0.717, 1.165) is 0 Å². The molecule has 0 aliphatic carbocycles. The number of hydrogen-bond donors (Lipinski definition) is 2. The maximum absolute atomic E-state index is 11.8. The van der Waals surface area contributed by atoms with Gasteiger partial charge in [-0.15, -0.1) is 0 Å². The normalized spacial score (nSPS) is 14.0. The van der Waals surface area contributed by atoms with Gasteiger partial charge in [0.1, 0.15) is 0 Å². The fraction of sp³-hybridized carbons (Fsp3) is 0.333. The number of hydrogen-bond acceptors (Lipinski definition) is 2. The molecule has 0 amide bonds. The first-order chi connectivity index (χ1) is 6.50. The number of aliphatic hydroxyl groups excluding tert-OH is 1. The Balaban J connectivity index is 2.42. The summed E-state index contributed by atoms with van der Waals surface area (Å²) in [5.41, 5.74) is 0.691. The fourth-order valence-corrected chi connectivity index (χ4v) is 0.926. The Labute approximate surface area is 79.4 Å². The summed E-state index contributed by atoms with van der Waals surface area (Å²) in [4.78, 5) is 0. The van der Waals surface area contributed by atoms with Gasteiger partial charge >= 0.3 is 6.18 Å². The summed E-state index contributed by atoms with van der Waals surface area (Å²) >= 11 is 0. The molecule has 0 heterocycles. The van der Waals surface area contributed by atoms with Crippen LogP contribution in [-0.2, 0) is 6.54 Å². The molecular formula is C9H10F3NO. The Bertz CT molecular complexity index is 273. The molecule has 1 atom stereocenters. The average molecular weight is 205 g/mol. The largest absolute Gasteiger partial charge is 0.427 e. The molecule has 0 saturated carbocycles. The van der Waals surface area contributed by atoms with Gasteiger partial charge in [0.15, 0.2) is 0 Å². The number of alkyl halides is 3. The lowest BCUT2D eigenvalue weighted by molar-refractivity contribution is -0.213. The minimum Gasteiger partial charge on any atom is -0.370 e. The first-order valence-electron chi connectivity index (χ1n) is 4.02. The van der Waals surface area contributed by atoms with Gasteiger partial charge < -0.3 is 5.11 Å². The van der Waals surface area contributed by atoms with Crippen molar-refractivity contribution in [1.82, 2.24) is 5.32 Å². The van der Waals surface area contributed by atoms with Crippen molar-refractivity contribution in [2.45, 2.75) is 18.9 Å². The highest BCUT2D eigenvalue weighted by Gasteiger charge is 2.37. The number of rotatable bonds is 3. The van der Waals surface area contributed by atoms with Crippen molar-refractivity contribution in [1.29, 1.82) is 0 Å². The van der Waals surface area contributed by atoms with E-state index in [4.69, 9.17) is 5.11 Å². The predicted molar refractivity (Wildman–Crippen MR) is 45.3 cm³/mol. The van der Waals surface area contributed by atoms with Crippen molar-refractivity contribution in [2.75, 3.05) is 0 Å². The van der Waals surface area contributed by atoms with Crippen molar-refractivity contribution in [3.63, 3.8) is 0 Å². The third-order valence-corrected chi connectivity index (χ3v) is 1.65. The van der Waals surface area contributed by atoms with E-state index in [1.165, 1.54) is 0 Å². The van der Waals surface area contributed by atoms with Crippen molar-refractivity contribution in [3.05, 3.63) is 35.9 Å². The fourth-order valence-electron chi connectivity index (χ4n) is 0.926. The van der Waals surface area contributed by atoms with Crippen LogP contribution in [0.25, 0.3) is 0 Å². The quantitative estimate of drug-likeness (QED) is 0.735. The van der Waals surface area contributed by atoms with Crippen LogP contribution in [0.1, 0.15) is 5.56 Å². The van der Waals surface area contributed by atoms with Crippen molar-refractivity contribution in [2.24, 2.45) is 0 Å². The topological polar surface area (TPSA) is 32.3 Å². The minimum atomic E-state index is -4.62. The predicted octanol–water partition coefficient (Wildman–Crippen LogP) is 1.66. The number of aliphatic hydroxyl groups is 1. The van der Waals surface area contributed by atoms with Crippen LogP contribution in [0.3, 0.4) is 0 Å². The molecule has 1 unspecified atom stereocenters. The van der Waals surface area contributed by atoms with E-state index < -0.39 is 12.4 Å². The van der Waals surface area contributed by atoms with Crippen molar-refractivity contribution >= 4 is 0 Å². The molecule has 0 aromatic heterocycles. The molecule has 0 saturated heterocycles. The van der Waals surface area contributed by atoms with Crippen LogP contribution in [0, 0.1) is 0 Å². The number of nitrogens with one attached hydrogen (secondary N) is 1. The maximum Gasteiger partial charge on any atom is 0.427 e. The van der Waals surface area contributed by atoms with Gasteiger partial charge in [0.25, 0.3) is 0 Å². The Morgan fingerprint density at radius 3 is 2.29 bits per heavy atom. The summed E-state index contributed by atoms with van der Waals surface area (Å²) in [5.74, 6) is 0. The second kappa shape index (κ2) is 4.43. The van der Waals surface area contributed by atoms with Crippen LogP contribution in [0.2, 0.25) is 0 Å². The van der Waals surface area contributed by atoms with E-state index in [1.807, 2.05) is 5.32 Å². The van der Waals surface area contributed by atoms with E-state index in [0.29, 0.717) is 5.56 Å². The second-order valence-corrected chi connectivity index (χ2v) is 2.81. The van der Waals surface area contributed by atoms with Crippen LogP contribution in [0.5, 0.6) is 0 Å². The highest BCUT2D eigenvalue weighted by molar-refractivity contribution is 5.14. The lowest BCUT2D eigenvalue weighted by Gasteiger charge is -2.15. The van der Waals surface area contributed by atoms with E-state index in [9.17, 15) is 13.2 Å². The number of halogens is 3. The summed E-state index contributed by atoms with van der Waals surface area (Å²) in [6.45, 7) is -0.0124. The summed E-state index contributed by atoms with van der Waals surface area (Å²) in [5, 5.41) is 10.6. The van der Waals surface area contributed by atoms with E-state index >= 15 is 0 Å². The highest BCUT2D eigenvalue weighted by Crippen LogP contribution is 2.18. The number of benzene rings is 1. The Hall–Kier alpha value is -1.07. The molecule has 0 aliphatic heterocycles. The molecule has 2 nitrogen and oxygen atoms in total. The molecule has 1 rings (SSSR count). The molecule has 14 heavy (non-hydrogen) atoms. The van der Waals surface area contributed by atoms with E-state index in [2.05, 4.69) is 0 Å². The minimum absolute atomic E-state index is 0.0124. The van der Waals surface area contributed by atoms with E-state index in [-0.39, 0.29) is 6.54 Å². The summed E-state index contributed by atoms with van der Waals surface area (Å²) < 4.78 is 35.5. The molecule has 0 fully saturated rings. The monoisotopic (exact) mass is 205 g/mol. The SMILES string of the molecule is OC(NCc1ccccc1)C(F)(F)F. The molecule has 0 aliphatic rings. The Kier molecular flexibility index (Phi) is 3.49. The maximum atomic E-state index is 11.8. The van der Waals surface area contributed by atoms with Gasteiger partial charge in [-0.1, -0.05) is 30.3 Å². The molecule has 0 spiro atoms. The standard InChI is InChI=1S/C9H10F3NO/c10-9(11,12)8(14)13-6-7-4-2-1-3-5-7/h1-5,8,13-14H,6H2. The third kappa shape index (κ3) is 3.35. The lowest BCUT2D eigenvalue weighted by Crippen LogP contribution is -2.41. The molecule has 1 aromatic rings. The van der Waals surface area contributed by atoms with Crippen LogP contribution in [-0.4, -0.2) is 17.5 Å². The summed E-state index contributed by atoms with van der Waals surface area (Å²) in [6.07, 6.45) is -7.09. The van der Waals surface area contributed by atoms with Gasteiger partial charge in [0.2, 0.25) is 6.23 Å².